The normalized spacial score (nSPS) is 34.4. The third-order valence-corrected chi connectivity index (χ3v) is 3.94. The average molecular weight is 222 g/mol. The molecule has 0 aromatic heterocycles. The lowest BCUT2D eigenvalue weighted by Gasteiger charge is -2.39. The summed E-state index contributed by atoms with van der Waals surface area (Å²) < 4.78 is 11.0. The first-order valence-electron chi connectivity index (χ1n) is 4.85. The summed E-state index contributed by atoms with van der Waals surface area (Å²) in [6.45, 7) is 3.16. The maximum atomic E-state index is 11.0. The van der Waals surface area contributed by atoms with E-state index < -0.39 is 7.60 Å². The molecule has 2 unspecified atom stereocenters. The minimum absolute atomic E-state index is 0.0808. The maximum absolute atomic E-state index is 11.0. The van der Waals surface area contributed by atoms with E-state index in [1.54, 1.807) is 0 Å². The lowest BCUT2D eigenvalue weighted by Crippen LogP contribution is -2.47. The molecule has 84 valence electrons. The molecule has 5 N–H and O–H groups in total. The zero-order chi connectivity index (χ0) is 10.8. The fraction of sp³-hybridized carbons (Fsp3) is 1.00. The molecular formula is C8H19N2O3P. The van der Waals surface area contributed by atoms with Crippen molar-refractivity contribution in [2.45, 2.75) is 25.8 Å². The van der Waals surface area contributed by atoms with Crippen molar-refractivity contribution in [1.82, 2.24) is 5.32 Å². The van der Waals surface area contributed by atoms with Crippen molar-refractivity contribution in [3.05, 3.63) is 0 Å². The van der Waals surface area contributed by atoms with E-state index in [0.29, 0.717) is 12.6 Å². The van der Waals surface area contributed by atoms with Gasteiger partial charge in [-0.1, -0.05) is 0 Å². The van der Waals surface area contributed by atoms with Crippen LogP contribution in [0, 0.1) is 5.41 Å². The van der Waals surface area contributed by atoms with E-state index in [2.05, 4.69) is 5.32 Å². The zero-order valence-electron chi connectivity index (χ0n) is 8.44. The van der Waals surface area contributed by atoms with Gasteiger partial charge in [0.15, 0.2) is 0 Å². The average Bonchev–Trinajstić information content (AvgIpc) is 2.01. The van der Waals surface area contributed by atoms with Gasteiger partial charge >= 0.3 is 7.60 Å². The Hall–Kier alpha value is 0.0700. The summed E-state index contributed by atoms with van der Waals surface area (Å²) in [5.74, 6) is 0. The highest BCUT2D eigenvalue weighted by Crippen LogP contribution is 2.45. The molecule has 5 nitrogen and oxygen atoms in total. The Morgan fingerprint density at radius 3 is 2.71 bits per heavy atom. The summed E-state index contributed by atoms with van der Waals surface area (Å²) in [5, 5.41) is 3.25. The lowest BCUT2D eigenvalue weighted by atomic mass is 9.78. The molecular weight excluding hydrogens is 203 g/mol. The Labute approximate surface area is 84.2 Å². The number of nitrogens with one attached hydrogen (secondary N) is 1. The number of hydrogen-bond acceptors (Lipinski definition) is 3. The first-order chi connectivity index (χ1) is 6.37. The first-order valence-corrected chi connectivity index (χ1v) is 6.65. The number of piperidine rings is 1. The smallest absolute Gasteiger partial charge is 0.326 e. The van der Waals surface area contributed by atoms with Gasteiger partial charge in [-0.2, -0.15) is 0 Å². The fourth-order valence-electron chi connectivity index (χ4n) is 2.24. The molecule has 1 aliphatic rings. The molecule has 1 heterocycles. The van der Waals surface area contributed by atoms with Crippen molar-refractivity contribution in [1.29, 1.82) is 0 Å². The second-order valence-electron chi connectivity index (χ2n) is 4.34. The van der Waals surface area contributed by atoms with Crippen LogP contribution in [0.25, 0.3) is 0 Å². The van der Waals surface area contributed by atoms with E-state index in [0.717, 1.165) is 19.4 Å². The van der Waals surface area contributed by atoms with Gasteiger partial charge < -0.3 is 20.8 Å². The second kappa shape index (κ2) is 4.29. The van der Waals surface area contributed by atoms with Crippen molar-refractivity contribution >= 4 is 7.60 Å². The van der Waals surface area contributed by atoms with Crippen LogP contribution in [0.2, 0.25) is 0 Å². The highest BCUT2D eigenvalue weighted by atomic mass is 31.2. The van der Waals surface area contributed by atoms with Gasteiger partial charge in [0.25, 0.3) is 0 Å². The number of rotatable bonds is 3. The van der Waals surface area contributed by atoms with Crippen LogP contribution in [0.4, 0.5) is 0 Å². The highest BCUT2D eigenvalue weighted by Gasteiger charge is 2.38. The Balaban J connectivity index is 2.70. The van der Waals surface area contributed by atoms with Crippen LogP contribution in [0.15, 0.2) is 0 Å². The topological polar surface area (TPSA) is 95.6 Å². The maximum Gasteiger partial charge on any atom is 0.326 e. The van der Waals surface area contributed by atoms with E-state index in [-0.39, 0.29) is 11.6 Å². The molecule has 6 heteroatoms. The van der Waals surface area contributed by atoms with E-state index in [1.807, 2.05) is 6.92 Å². The lowest BCUT2D eigenvalue weighted by molar-refractivity contribution is 0.194. The predicted octanol–water partition coefficient (Wildman–Crippen LogP) is -0.119. The van der Waals surface area contributed by atoms with E-state index in [9.17, 15) is 4.57 Å². The summed E-state index contributed by atoms with van der Waals surface area (Å²) in [4.78, 5) is 18.0. The molecule has 0 spiro atoms. The number of hydrogen-bond donors (Lipinski definition) is 4. The zero-order valence-corrected chi connectivity index (χ0v) is 9.33. The second-order valence-corrected chi connectivity index (χ2v) is 5.98. The molecule has 1 aliphatic heterocycles. The van der Waals surface area contributed by atoms with Gasteiger partial charge in [-0.15, -0.1) is 0 Å². The fourth-order valence-corrected chi connectivity index (χ4v) is 3.53. The molecule has 2 atom stereocenters. The highest BCUT2D eigenvalue weighted by molar-refractivity contribution is 7.51. The molecule has 0 bridgehead atoms. The SMILES string of the molecule is CC1CC(CN)(CP(=O)(O)O)CCN1. The summed E-state index contributed by atoms with van der Waals surface area (Å²) in [6.07, 6.45) is 1.41. The van der Waals surface area contributed by atoms with Crippen LogP contribution in [-0.2, 0) is 4.57 Å². The molecule has 0 saturated carbocycles. The third-order valence-electron chi connectivity index (χ3n) is 2.86. The van der Waals surface area contributed by atoms with Crippen molar-refractivity contribution in [2.24, 2.45) is 11.1 Å². The minimum Gasteiger partial charge on any atom is -0.330 e. The molecule has 0 aromatic rings. The van der Waals surface area contributed by atoms with Crippen molar-refractivity contribution in [3.8, 4) is 0 Å². The number of nitrogens with two attached hydrogens (primary N) is 1. The van der Waals surface area contributed by atoms with E-state index in [4.69, 9.17) is 15.5 Å². The van der Waals surface area contributed by atoms with Gasteiger partial charge in [0.1, 0.15) is 0 Å². The Morgan fingerprint density at radius 1 is 1.64 bits per heavy atom. The summed E-state index contributed by atoms with van der Waals surface area (Å²) in [6, 6.07) is 0.291. The summed E-state index contributed by atoms with van der Waals surface area (Å²) >= 11 is 0. The van der Waals surface area contributed by atoms with Crippen LogP contribution in [-0.4, -0.2) is 35.1 Å². The molecule has 1 rings (SSSR count). The van der Waals surface area contributed by atoms with Gasteiger partial charge in [-0.25, -0.2) is 0 Å². The standard InChI is InChI=1S/C8H19N2O3P/c1-7-4-8(5-9,2-3-10-7)6-14(11,12)13/h7,10H,2-6,9H2,1H3,(H2,11,12,13). The van der Waals surface area contributed by atoms with Crippen LogP contribution >= 0.6 is 7.60 Å². The van der Waals surface area contributed by atoms with E-state index in [1.165, 1.54) is 0 Å². The molecule has 0 aromatic carbocycles. The molecule has 1 saturated heterocycles. The van der Waals surface area contributed by atoms with Gasteiger partial charge in [0, 0.05) is 6.04 Å². The monoisotopic (exact) mass is 222 g/mol. The van der Waals surface area contributed by atoms with Crippen LogP contribution < -0.4 is 11.1 Å². The minimum atomic E-state index is -3.95. The largest absolute Gasteiger partial charge is 0.330 e. The van der Waals surface area contributed by atoms with Gasteiger partial charge in [-0.05, 0) is 38.3 Å². The quantitative estimate of drug-likeness (QED) is 0.499. The Kier molecular flexibility index (Phi) is 3.72. The van der Waals surface area contributed by atoms with E-state index >= 15 is 0 Å². The van der Waals surface area contributed by atoms with Crippen LogP contribution in [0.1, 0.15) is 19.8 Å². The Bertz CT molecular complexity index is 243. The summed E-state index contributed by atoms with van der Waals surface area (Å²) in [5.41, 5.74) is 5.27. The van der Waals surface area contributed by atoms with Gasteiger partial charge in [0.2, 0.25) is 0 Å². The van der Waals surface area contributed by atoms with Crippen molar-refractivity contribution < 1.29 is 14.4 Å². The molecule has 0 amide bonds. The first kappa shape index (κ1) is 12.1. The van der Waals surface area contributed by atoms with Crippen molar-refractivity contribution in [2.75, 3.05) is 19.3 Å². The molecule has 14 heavy (non-hydrogen) atoms. The molecule has 1 fully saturated rings. The molecule has 0 radical (unpaired) electrons. The van der Waals surface area contributed by atoms with Crippen LogP contribution in [0.3, 0.4) is 0 Å². The van der Waals surface area contributed by atoms with Gasteiger partial charge in [-0.3, -0.25) is 4.57 Å². The van der Waals surface area contributed by atoms with Crippen LogP contribution in [0.5, 0.6) is 0 Å². The summed E-state index contributed by atoms with van der Waals surface area (Å²) in [7, 11) is -3.95. The third kappa shape index (κ3) is 3.33. The Morgan fingerprint density at radius 2 is 2.29 bits per heavy atom. The van der Waals surface area contributed by atoms with Crippen molar-refractivity contribution in [3.63, 3.8) is 0 Å². The predicted molar refractivity (Wildman–Crippen MR) is 55.1 cm³/mol. The molecule has 0 aliphatic carbocycles. The van der Waals surface area contributed by atoms with Gasteiger partial charge in [0.05, 0.1) is 6.16 Å².